The van der Waals surface area contributed by atoms with E-state index in [0.29, 0.717) is 22.1 Å². The number of hydrogen-bond acceptors (Lipinski definition) is 6. The Balaban J connectivity index is 1.39. The van der Waals surface area contributed by atoms with Gasteiger partial charge >= 0.3 is 0 Å². The summed E-state index contributed by atoms with van der Waals surface area (Å²) in [5, 5.41) is 0. The van der Waals surface area contributed by atoms with Crippen LogP contribution in [-0.2, 0) is 16.6 Å². The second-order valence-electron chi connectivity index (χ2n) is 9.01. The largest absolute Gasteiger partial charge is 0.497 e. The Kier molecular flexibility index (Phi) is 6.58. The molecule has 0 amide bonds. The standard InChI is InChI=1S/C27H30N2O5S/c1-20-3-10-25(11-4-20)35(30,31)29(23-7-12-26-27(17-23)34-19-33-26)22-13-15-28(16-14-22)18-21-5-8-24(32-2)9-6-21/h3-12,17,22H,13-16,18-19H2,1-2H3. The molecule has 35 heavy (non-hydrogen) atoms. The third kappa shape index (κ3) is 4.94. The van der Waals surface area contributed by atoms with Gasteiger partial charge in [-0.1, -0.05) is 29.8 Å². The summed E-state index contributed by atoms with van der Waals surface area (Å²) in [7, 11) is -2.10. The number of rotatable bonds is 7. The summed E-state index contributed by atoms with van der Waals surface area (Å²) in [5.74, 6) is 2.05. The highest BCUT2D eigenvalue weighted by Gasteiger charge is 2.35. The zero-order valence-corrected chi connectivity index (χ0v) is 20.8. The molecule has 0 saturated carbocycles. The van der Waals surface area contributed by atoms with E-state index >= 15 is 0 Å². The maximum absolute atomic E-state index is 13.9. The summed E-state index contributed by atoms with van der Waals surface area (Å²) in [4.78, 5) is 2.66. The molecule has 0 aliphatic carbocycles. The normalized spacial score (nSPS) is 16.3. The number of hydrogen-bond donors (Lipinski definition) is 0. The average molecular weight is 495 g/mol. The van der Waals surface area contributed by atoms with Crippen molar-refractivity contribution in [3.05, 3.63) is 77.9 Å². The predicted octanol–water partition coefficient (Wildman–Crippen LogP) is 4.59. The van der Waals surface area contributed by atoms with Crippen LogP contribution in [0.1, 0.15) is 24.0 Å². The molecule has 1 saturated heterocycles. The number of nitrogens with zero attached hydrogens (tertiary/aromatic N) is 2. The average Bonchev–Trinajstić information content (AvgIpc) is 3.34. The molecule has 7 nitrogen and oxygen atoms in total. The van der Waals surface area contributed by atoms with Gasteiger partial charge in [0, 0.05) is 31.7 Å². The Hall–Kier alpha value is -3.23. The van der Waals surface area contributed by atoms with E-state index in [9.17, 15) is 8.42 Å². The van der Waals surface area contributed by atoms with Crippen LogP contribution < -0.4 is 18.5 Å². The Labute approximate surface area is 206 Å². The molecule has 0 aromatic heterocycles. The zero-order chi connectivity index (χ0) is 24.4. The van der Waals surface area contributed by atoms with Gasteiger partial charge in [-0.15, -0.1) is 0 Å². The summed E-state index contributed by atoms with van der Waals surface area (Å²) in [6, 6.07) is 20.3. The van der Waals surface area contributed by atoms with Gasteiger partial charge in [-0.05, 0) is 61.7 Å². The lowest BCUT2D eigenvalue weighted by Gasteiger charge is -2.39. The molecule has 0 bridgehead atoms. The minimum atomic E-state index is -3.77. The Morgan fingerprint density at radius 1 is 0.943 bits per heavy atom. The maximum atomic E-state index is 13.9. The summed E-state index contributed by atoms with van der Waals surface area (Å²) >= 11 is 0. The second kappa shape index (κ2) is 9.79. The Bertz CT molecular complexity index is 1270. The highest BCUT2D eigenvalue weighted by Crippen LogP contribution is 2.39. The number of aryl methyl sites for hydroxylation is 1. The smallest absolute Gasteiger partial charge is 0.264 e. The van der Waals surface area contributed by atoms with E-state index in [-0.39, 0.29) is 12.8 Å². The molecule has 2 aliphatic rings. The number of piperidine rings is 1. The minimum absolute atomic E-state index is 0.146. The molecular weight excluding hydrogens is 464 g/mol. The highest BCUT2D eigenvalue weighted by atomic mass is 32.2. The first-order chi connectivity index (χ1) is 16.9. The lowest BCUT2D eigenvalue weighted by molar-refractivity contribution is 0.174. The van der Waals surface area contributed by atoms with E-state index < -0.39 is 10.0 Å². The molecule has 2 aliphatic heterocycles. The maximum Gasteiger partial charge on any atom is 0.264 e. The molecule has 1 fully saturated rings. The molecule has 2 heterocycles. The number of ether oxygens (including phenoxy) is 3. The van der Waals surface area contributed by atoms with Crippen molar-refractivity contribution in [2.75, 3.05) is 31.3 Å². The van der Waals surface area contributed by atoms with Crippen molar-refractivity contribution in [3.63, 3.8) is 0 Å². The van der Waals surface area contributed by atoms with Gasteiger partial charge in [-0.3, -0.25) is 9.21 Å². The topological polar surface area (TPSA) is 68.3 Å². The first-order valence-corrected chi connectivity index (χ1v) is 13.2. The number of benzene rings is 3. The number of anilines is 1. The zero-order valence-electron chi connectivity index (χ0n) is 20.0. The molecule has 184 valence electrons. The van der Waals surface area contributed by atoms with Gasteiger partial charge in [0.05, 0.1) is 17.7 Å². The quantitative estimate of drug-likeness (QED) is 0.479. The van der Waals surface area contributed by atoms with Gasteiger partial charge in [-0.2, -0.15) is 0 Å². The number of fused-ring (bicyclic) bond motifs is 1. The second-order valence-corrected chi connectivity index (χ2v) is 10.8. The van der Waals surface area contributed by atoms with Crippen LogP contribution in [-0.4, -0.2) is 46.4 Å². The Morgan fingerprint density at radius 3 is 2.31 bits per heavy atom. The summed E-state index contributed by atoms with van der Waals surface area (Å²) in [6.45, 7) is 4.53. The van der Waals surface area contributed by atoms with E-state index in [0.717, 1.165) is 43.8 Å². The lowest BCUT2D eigenvalue weighted by atomic mass is 10.0. The molecular formula is C27H30N2O5S. The van der Waals surface area contributed by atoms with Crippen LogP contribution in [0.2, 0.25) is 0 Å². The molecule has 0 spiro atoms. The molecule has 0 radical (unpaired) electrons. The van der Waals surface area contributed by atoms with E-state index in [1.165, 1.54) is 5.56 Å². The number of sulfonamides is 1. The van der Waals surface area contributed by atoms with Crippen LogP contribution in [0.25, 0.3) is 0 Å². The van der Waals surface area contributed by atoms with Gasteiger partial charge in [-0.25, -0.2) is 8.42 Å². The third-order valence-electron chi connectivity index (χ3n) is 6.64. The van der Waals surface area contributed by atoms with Crippen molar-refractivity contribution in [2.45, 2.75) is 37.2 Å². The number of likely N-dealkylation sites (tertiary alicyclic amines) is 1. The fourth-order valence-corrected chi connectivity index (χ4v) is 6.39. The first-order valence-electron chi connectivity index (χ1n) is 11.8. The molecule has 3 aromatic carbocycles. The van der Waals surface area contributed by atoms with Crippen LogP contribution in [0.3, 0.4) is 0 Å². The van der Waals surface area contributed by atoms with Gasteiger partial charge < -0.3 is 14.2 Å². The van der Waals surface area contributed by atoms with Gasteiger partial charge in [0.2, 0.25) is 6.79 Å². The van der Waals surface area contributed by atoms with Gasteiger partial charge in [0.15, 0.2) is 11.5 Å². The summed E-state index contributed by atoms with van der Waals surface area (Å²) in [5.41, 5.74) is 2.83. The van der Waals surface area contributed by atoms with Gasteiger partial charge in [0.1, 0.15) is 5.75 Å². The third-order valence-corrected chi connectivity index (χ3v) is 8.54. The molecule has 3 aromatic rings. The van der Waals surface area contributed by atoms with Crippen molar-refractivity contribution < 1.29 is 22.6 Å². The summed E-state index contributed by atoms with van der Waals surface area (Å²) < 4.78 is 45.6. The van der Waals surface area contributed by atoms with Gasteiger partial charge in [0.25, 0.3) is 10.0 Å². The molecule has 0 atom stereocenters. The SMILES string of the molecule is COc1ccc(CN2CCC(N(c3ccc4c(c3)OCO4)S(=O)(=O)c3ccc(C)cc3)CC2)cc1. The Morgan fingerprint density at radius 2 is 1.63 bits per heavy atom. The first kappa shape index (κ1) is 23.5. The molecule has 5 rings (SSSR count). The van der Waals surface area contributed by atoms with Crippen molar-refractivity contribution in [1.29, 1.82) is 0 Å². The summed E-state index contributed by atoms with van der Waals surface area (Å²) in [6.07, 6.45) is 1.46. The predicted molar refractivity (Wildman–Crippen MR) is 135 cm³/mol. The van der Waals surface area contributed by atoms with E-state index in [1.54, 1.807) is 35.7 Å². The highest BCUT2D eigenvalue weighted by molar-refractivity contribution is 7.92. The van der Waals surface area contributed by atoms with E-state index in [1.807, 2.05) is 37.3 Å². The fraction of sp³-hybridized carbons (Fsp3) is 0.333. The van der Waals surface area contributed by atoms with Crippen molar-refractivity contribution in [1.82, 2.24) is 4.90 Å². The lowest BCUT2D eigenvalue weighted by Crippen LogP contribution is -2.47. The minimum Gasteiger partial charge on any atom is -0.497 e. The van der Waals surface area contributed by atoms with Crippen LogP contribution in [0.15, 0.2) is 71.6 Å². The number of methoxy groups -OCH3 is 1. The monoisotopic (exact) mass is 494 g/mol. The molecule has 0 unspecified atom stereocenters. The van der Waals surface area contributed by atoms with Crippen LogP contribution in [0, 0.1) is 6.92 Å². The molecule has 8 heteroatoms. The van der Waals surface area contributed by atoms with Crippen LogP contribution in [0.5, 0.6) is 17.2 Å². The molecule has 0 N–H and O–H groups in total. The van der Waals surface area contributed by atoms with Crippen LogP contribution >= 0.6 is 0 Å². The van der Waals surface area contributed by atoms with Crippen LogP contribution in [0.4, 0.5) is 5.69 Å². The van der Waals surface area contributed by atoms with Crippen molar-refractivity contribution in [2.24, 2.45) is 0 Å². The van der Waals surface area contributed by atoms with Crippen molar-refractivity contribution >= 4 is 15.7 Å². The van der Waals surface area contributed by atoms with E-state index in [4.69, 9.17) is 14.2 Å². The van der Waals surface area contributed by atoms with Crippen molar-refractivity contribution in [3.8, 4) is 17.2 Å². The van der Waals surface area contributed by atoms with E-state index in [2.05, 4.69) is 17.0 Å². The fourth-order valence-electron chi connectivity index (χ4n) is 4.69.